The van der Waals surface area contributed by atoms with Crippen LogP contribution in [0.15, 0.2) is 36.4 Å². The summed E-state index contributed by atoms with van der Waals surface area (Å²) < 4.78 is 11.1. The molecule has 2 aromatic rings. The average molecular weight is 496 g/mol. The SMILES string of the molecule is CCOc1ccc(CCNC(=O)CNC(=O)CNC(=O)c2ccc(Cl)cc2Cl)cc1OCC. The molecule has 0 atom stereocenters. The average Bonchev–Trinajstić information content (AvgIpc) is 2.78. The van der Waals surface area contributed by atoms with Gasteiger partial charge in [0.15, 0.2) is 11.5 Å². The van der Waals surface area contributed by atoms with Crippen molar-refractivity contribution in [2.45, 2.75) is 20.3 Å². The van der Waals surface area contributed by atoms with Crippen LogP contribution in [-0.2, 0) is 16.0 Å². The zero-order chi connectivity index (χ0) is 24.2. The normalized spacial score (nSPS) is 10.3. The van der Waals surface area contributed by atoms with Crippen molar-refractivity contribution in [1.29, 1.82) is 0 Å². The molecule has 0 unspecified atom stereocenters. The molecular weight excluding hydrogens is 469 g/mol. The fourth-order valence-electron chi connectivity index (χ4n) is 2.83. The predicted octanol–water partition coefficient (Wildman–Crippen LogP) is 3.00. The molecule has 10 heteroatoms. The number of hydrogen-bond acceptors (Lipinski definition) is 5. The number of ether oxygens (including phenoxy) is 2. The van der Waals surface area contributed by atoms with Gasteiger partial charge in [-0.1, -0.05) is 29.3 Å². The number of amides is 3. The van der Waals surface area contributed by atoms with Gasteiger partial charge in [0.25, 0.3) is 5.91 Å². The van der Waals surface area contributed by atoms with Crippen LogP contribution in [0, 0.1) is 0 Å². The highest BCUT2D eigenvalue weighted by atomic mass is 35.5. The Bertz CT molecular complexity index is 985. The van der Waals surface area contributed by atoms with Gasteiger partial charge in [-0.15, -0.1) is 0 Å². The number of carbonyl (C=O) groups excluding carboxylic acids is 3. The maximum Gasteiger partial charge on any atom is 0.253 e. The zero-order valence-corrected chi connectivity index (χ0v) is 20.0. The quantitative estimate of drug-likeness (QED) is 0.419. The van der Waals surface area contributed by atoms with Gasteiger partial charge in [0, 0.05) is 11.6 Å². The molecule has 2 rings (SSSR count). The molecule has 0 heterocycles. The minimum atomic E-state index is -0.516. The number of halogens is 2. The van der Waals surface area contributed by atoms with E-state index in [1.54, 1.807) is 0 Å². The van der Waals surface area contributed by atoms with E-state index in [4.69, 9.17) is 32.7 Å². The van der Waals surface area contributed by atoms with Gasteiger partial charge in [0.2, 0.25) is 11.8 Å². The van der Waals surface area contributed by atoms with Gasteiger partial charge in [-0.05, 0) is 56.2 Å². The van der Waals surface area contributed by atoms with Crippen molar-refractivity contribution in [1.82, 2.24) is 16.0 Å². The monoisotopic (exact) mass is 495 g/mol. The van der Waals surface area contributed by atoms with Gasteiger partial charge < -0.3 is 25.4 Å². The van der Waals surface area contributed by atoms with E-state index < -0.39 is 11.8 Å². The molecular formula is C23H27Cl2N3O5. The molecule has 3 amide bonds. The topological polar surface area (TPSA) is 106 Å². The number of carbonyl (C=O) groups is 3. The van der Waals surface area contributed by atoms with Gasteiger partial charge in [-0.3, -0.25) is 14.4 Å². The highest BCUT2D eigenvalue weighted by molar-refractivity contribution is 6.36. The van der Waals surface area contributed by atoms with Crippen LogP contribution >= 0.6 is 23.2 Å². The molecule has 0 bridgehead atoms. The third kappa shape index (κ3) is 8.82. The molecule has 0 aromatic heterocycles. The van der Waals surface area contributed by atoms with Crippen LogP contribution < -0.4 is 25.4 Å². The van der Waals surface area contributed by atoms with Gasteiger partial charge in [0.05, 0.1) is 36.9 Å². The molecule has 2 aromatic carbocycles. The molecule has 0 fully saturated rings. The molecule has 0 aliphatic rings. The molecule has 0 radical (unpaired) electrons. The van der Waals surface area contributed by atoms with Crippen LogP contribution in [0.4, 0.5) is 0 Å². The molecule has 0 aliphatic heterocycles. The number of rotatable bonds is 12. The Hall–Kier alpha value is -2.97. The van der Waals surface area contributed by atoms with Gasteiger partial charge in [-0.25, -0.2) is 0 Å². The van der Waals surface area contributed by atoms with E-state index in [9.17, 15) is 14.4 Å². The van der Waals surface area contributed by atoms with Crippen LogP contribution in [0.5, 0.6) is 11.5 Å². The summed E-state index contributed by atoms with van der Waals surface area (Å²) in [6.45, 7) is 4.75. The molecule has 178 valence electrons. The minimum absolute atomic E-state index is 0.181. The lowest BCUT2D eigenvalue weighted by Crippen LogP contribution is -2.42. The van der Waals surface area contributed by atoms with Gasteiger partial charge >= 0.3 is 0 Å². The Morgan fingerprint density at radius 2 is 1.48 bits per heavy atom. The fraction of sp³-hybridized carbons (Fsp3) is 0.348. The van der Waals surface area contributed by atoms with Gasteiger partial charge in [0.1, 0.15) is 0 Å². The van der Waals surface area contributed by atoms with E-state index >= 15 is 0 Å². The molecule has 0 spiro atoms. The van der Waals surface area contributed by atoms with Crippen molar-refractivity contribution in [3.05, 3.63) is 57.6 Å². The summed E-state index contributed by atoms with van der Waals surface area (Å²) in [6.07, 6.45) is 0.587. The van der Waals surface area contributed by atoms with Crippen molar-refractivity contribution < 1.29 is 23.9 Å². The predicted molar refractivity (Wildman–Crippen MR) is 127 cm³/mol. The number of hydrogen-bond donors (Lipinski definition) is 3. The van der Waals surface area contributed by atoms with E-state index in [0.29, 0.717) is 42.7 Å². The third-order valence-electron chi connectivity index (χ3n) is 4.38. The van der Waals surface area contributed by atoms with E-state index in [1.165, 1.54) is 18.2 Å². The second-order valence-electron chi connectivity index (χ2n) is 6.83. The lowest BCUT2D eigenvalue weighted by molar-refractivity contribution is -0.125. The first kappa shape index (κ1) is 26.3. The van der Waals surface area contributed by atoms with Gasteiger partial charge in [-0.2, -0.15) is 0 Å². The third-order valence-corrected chi connectivity index (χ3v) is 4.92. The number of benzene rings is 2. The van der Waals surface area contributed by atoms with Crippen molar-refractivity contribution in [2.75, 3.05) is 32.8 Å². The first-order valence-corrected chi connectivity index (χ1v) is 11.2. The first-order valence-electron chi connectivity index (χ1n) is 10.5. The second kappa shape index (κ2) is 13.5. The van der Waals surface area contributed by atoms with E-state index in [0.717, 1.165) is 5.56 Å². The van der Waals surface area contributed by atoms with Crippen LogP contribution in [0.2, 0.25) is 10.0 Å². The van der Waals surface area contributed by atoms with Crippen molar-refractivity contribution in [3.63, 3.8) is 0 Å². The van der Waals surface area contributed by atoms with E-state index in [1.807, 2.05) is 32.0 Å². The molecule has 33 heavy (non-hydrogen) atoms. The summed E-state index contributed by atoms with van der Waals surface area (Å²) in [5, 5.41) is 8.22. The Labute approximate surface area is 202 Å². The van der Waals surface area contributed by atoms with E-state index in [2.05, 4.69) is 16.0 Å². The highest BCUT2D eigenvalue weighted by Gasteiger charge is 2.13. The Morgan fingerprint density at radius 1 is 0.818 bits per heavy atom. The van der Waals surface area contributed by atoms with Crippen molar-refractivity contribution in [2.24, 2.45) is 0 Å². The first-order chi connectivity index (χ1) is 15.8. The van der Waals surface area contributed by atoms with E-state index in [-0.39, 0.29) is 29.6 Å². The molecule has 3 N–H and O–H groups in total. The second-order valence-corrected chi connectivity index (χ2v) is 7.67. The van der Waals surface area contributed by atoms with Crippen LogP contribution in [0.3, 0.4) is 0 Å². The summed E-state index contributed by atoms with van der Waals surface area (Å²) >= 11 is 11.8. The maximum atomic E-state index is 12.1. The Morgan fingerprint density at radius 3 is 2.18 bits per heavy atom. The Kier molecular flexibility index (Phi) is 10.8. The lowest BCUT2D eigenvalue weighted by atomic mass is 10.1. The Balaban J connectivity index is 1.71. The minimum Gasteiger partial charge on any atom is -0.490 e. The summed E-state index contributed by atoms with van der Waals surface area (Å²) in [5.41, 5.74) is 1.18. The van der Waals surface area contributed by atoms with Crippen LogP contribution in [0.25, 0.3) is 0 Å². The maximum absolute atomic E-state index is 12.1. The lowest BCUT2D eigenvalue weighted by Gasteiger charge is -2.13. The fourth-order valence-corrected chi connectivity index (χ4v) is 3.32. The summed E-state index contributed by atoms with van der Waals surface area (Å²) in [4.78, 5) is 36.0. The molecule has 0 aliphatic carbocycles. The largest absolute Gasteiger partial charge is 0.490 e. The van der Waals surface area contributed by atoms with Crippen LogP contribution in [0.1, 0.15) is 29.8 Å². The molecule has 8 nitrogen and oxygen atoms in total. The molecule has 0 saturated heterocycles. The standard InChI is InChI=1S/C23H27Cl2N3O5/c1-3-32-19-8-5-15(11-20(19)33-4-2)9-10-26-21(29)13-27-22(30)14-28-23(31)17-7-6-16(24)12-18(17)25/h5-8,11-12H,3-4,9-10,13-14H2,1-2H3,(H,26,29)(H,27,30)(H,28,31). The van der Waals surface area contributed by atoms with Crippen molar-refractivity contribution >= 4 is 40.9 Å². The smallest absolute Gasteiger partial charge is 0.253 e. The zero-order valence-electron chi connectivity index (χ0n) is 18.5. The van der Waals surface area contributed by atoms with Crippen LogP contribution in [-0.4, -0.2) is 50.6 Å². The van der Waals surface area contributed by atoms with Crippen molar-refractivity contribution in [3.8, 4) is 11.5 Å². The highest BCUT2D eigenvalue weighted by Crippen LogP contribution is 2.28. The summed E-state index contributed by atoms with van der Waals surface area (Å²) in [7, 11) is 0. The number of nitrogens with one attached hydrogen (secondary N) is 3. The summed E-state index contributed by atoms with van der Waals surface area (Å²) in [5.74, 6) is -0.0152. The summed E-state index contributed by atoms with van der Waals surface area (Å²) in [6, 6.07) is 10.1. The molecule has 0 saturated carbocycles.